The van der Waals surface area contributed by atoms with Crippen molar-refractivity contribution in [2.24, 2.45) is 4.99 Å². The van der Waals surface area contributed by atoms with Gasteiger partial charge in [-0.3, -0.25) is 9.67 Å². The Labute approximate surface area is 193 Å². The van der Waals surface area contributed by atoms with Crippen molar-refractivity contribution in [2.75, 3.05) is 7.05 Å². The van der Waals surface area contributed by atoms with Crippen molar-refractivity contribution in [1.29, 1.82) is 0 Å². The maximum atomic E-state index is 6.04. The molecule has 156 valence electrons. The van der Waals surface area contributed by atoms with Crippen molar-refractivity contribution < 1.29 is 0 Å². The second-order valence-corrected chi connectivity index (χ2v) is 7.97. The molecule has 0 bridgehead atoms. The first-order chi connectivity index (χ1) is 13.5. The molecule has 2 N–H and O–H groups in total. The molecule has 0 saturated carbocycles. The van der Waals surface area contributed by atoms with Crippen LogP contribution in [0, 0.1) is 0 Å². The van der Waals surface area contributed by atoms with Gasteiger partial charge in [0.1, 0.15) is 5.65 Å². The van der Waals surface area contributed by atoms with Gasteiger partial charge in [-0.25, -0.2) is 4.98 Å². The Morgan fingerprint density at radius 3 is 2.90 bits per heavy atom. The Hall–Kier alpha value is -1.81. The third kappa shape index (κ3) is 5.03. The molecule has 0 fully saturated rings. The van der Waals surface area contributed by atoms with Gasteiger partial charge in [-0.05, 0) is 44.4 Å². The summed E-state index contributed by atoms with van der Waals surface area (Å²) in [7, 11) is 1.79. The summed E-state index contributed by atoms with van der Waals surface area (Å²) in [6, 6.07) is 4.48. The van der Waals surface area contributed by atoms with E-state index in [9.17, 15) is 0 Å². The van der Waals surface area contributed by atoms with Crippen molar-refractivity contribution >= 4 is 47.2 Å². The quantitative estimate of drug-likeness (QED) is 0.309. The van der Waals surface area contributed by atoms with Crippen LogP contribution in [0.15, 0.2) is 35.7 Å². The molecule has 0 spiro atoms. The fourth-order valence-corrected chi connectivity index (χ4v) is 3.73. The lowest BCUT2D eigenvalue weighted by Crippen LogP contribution is -2.45. The molecule has 3 heterocycles. The van der Waals surface area contributed by atoms with E-state index in [-0.39, 0.29) is 24.0 Å². The molecule has 3 aromatic rings. The number of aliphatic imine (C=N–C) groups is 1. The van der Waals surface area contributed by atoms with Crippen molar-refractivity contribution in [3.05, 3.63) is 52.7 Å². The van der Waals surface area contributed by atoms with Crippen LogP contribution >= 0.6 is 35.6 Å². The van der Waals surface area contributed by atoms with Crippen LogP contribution in [0.3, 0.4) is 0 Å². The van der Waals surface area contributed by atoms with Crippen molar-refractivity contribution in [3.63, 3.8) is 0 Å². The second-order valence-electron chi connectivity index (χ2n) is 7.53. The van der Waals surface area contributed by atoms with Crippen LogP contribution in [0.2, 0.25) is 5.02 Å². The molecule has 9 heteroatoms. The van der Waals surface area contributed by atoms with E-state index in [0.717, 1.165) is 36.6 Å². The van der Waals surface area contributed by atoms with Crippen LogP contribution in [0.25, 0.3) is 5.65 Å². The lowest BCUT2D eigenvalue weighted by molar-refractivity contribution is 0.499. The predicted molar refractivity (Wildman–Crippen MR) is 127 cm³/mol. The first-order valence-electron chi connectivity index (χ1n) is 9.69. The van der Waals surface area contributed by atoms with E-state index >= 15 is 0 Å². The van der Waals surface area contributed by atoms with Crippen molar-refractivity contribution in [2.45, 2.75) is 51.7 Å². The summed E-state index contributed by atoms with van der Waals surface area (Å²) in [5, 5.41) is 12.3. The number of aryl methyl sites for hydroxylation is 1. The minimum Gasteiger partial charge on any atom is -0.353 e. The van der Waals surface area contributed by atoms with Crippen LogP contribution in [0.1, 0.15) is 43.3 Å². The monoisotopic (exact) mass is 527 g/mol. The lowest BCUT2D eigenvalue weighted by Gasteiger charge is -2.24. The van der Waals surface area contributed by atoms with Gasteiger partial charge in [0.15, 0.2) is 5.96 Å². The summed E-state index contributed by atoms with van der Waals surface area (Å²) in [5.41, 5.74) is 4.39. The molecule has 0 aliphatic heterocycles. The Bertz CT molecular complexity index is 1010. The van der Waals surface area contributed by atoms with E-state index in [0.29, 0.717) is 23.7 Å². The van der Waals surface area contributed by atoms with Gasteiger partial charge in [-0.2, -0.15) is 5.10 Å². The number of nitrogens with zero attached hydrogens (tertiary/aromatic N) is 5. The van der Waals surface area contributed by atoms with Gasteiger partial charge >= 0.3 is 0 Å². The number of guanidine groups is 1. The molecule has 29 heavy (non-hydrogen) atoms. The third-order valence-corrected chi connectivity index (χ3v) is 5.32. The molecule has 0 saturated heterocycles. The molecule has 3 aromatic heterocycles. The molecule has 1 atom stereocenters. The minimum atomic E-state index is 0. The summed E-state index contributed by atoms with van der Waals surface area (Å²) in [6.45, 7) is 4.92. The number of hydrogen-bond acceptors (Lipinski definition) is 3. The van der Waals surface area contributed by atoms with Crippen LogP contribution in [-0.2, 0) is 19.4 Å². The second kappa shape index (κ2) is 9.34. The standard InChI is InChI=1S/C20H26ClN7.HI/c1-13(2)28-10-14-4-6-16(8-18(14)26-28)25-20(22-3)23-9-17-12-27-11-15(21)5-7-19(27)24-17;/h5,7,10-13,16H,4,6,8-9H2,1-3H3,(H2,22,23,25);1H. The Morgan fingerprint density at radius 1 is 1.31 bits per heavy atom. The van der Waals surface area contributed by atoms with Gasteiger partial charge in [0.25, 0.3) is 0 Å². The number of aromatic nitrogens is 4. The summed E-state index contributed by atoms with van der Waals surface area (Å²) in [5.74, 6) is 0.784. The van der Waals surface area contributed by atoms with Crippen LogP contribution in [0.4, 0.5) is 0 Å². The molecule has 0 radical (unpaired) electrons. The lowest BCUT2D eigenvalue weighted by atomic mass is 9.94. The molecule has 0 amide bonds. The number of fused-ring (bicyclic) bond motifs is 2. The highest BCUT2D eigenvalue weighted by molar-refractivity contribution is 14.0. The minimum absolute atomic E-state index is 0. The zero-order chi connectivity index (χ0) is 19.7. The van der Waals surface area contributed by atoms with Crippen molar-refractivity contribution in [1.82, 2.24) is 29.8 Å². The molecule has 0 aromatic carbocycles. The van der Waals surface area contributed by atoms with Crippen LogP contribution < -0.4 is 10.6 Å². The number of halogens is 2. The molecule has 7 nitrogen and oxygen atoms in total. The molecular formula is C20H27ClIN7. The Morgan fingerprint density at radius 2 is 2.14 bits per heavy atom. The smallest absolute Gasteiger partial charge is 0.191 e. The van der Waals surface area contributed by atoms with Crippen molar-refractivity contribution in [3.8, 4) is 0 Å². The Balaban J connectivity index is 0.00000240. The first-order valence-corrected chi connectivity index (χ1v) is 10.1. The zero-order valence-corrected chi connectivity index (χ0v) is 20.0. The average molecular weight is 528 g/mol. The van der Waals surface area contributed by atoms with Gasteiger partial charge in [0.2, 0.25) is 0 Å². The third-order valence-electron chi connectivity index (χ3n) is 5.09. The van der Waals surface area contributed by atoms with Gasteiger partial charge < -0.3 is 15.0 Å². The van der Waals surface area contributed by atoms with E-state index in [1.165, 1.54) is 11.3 Å². The normalized spacial score (nSPS) is 16.6. The summed E-state index contributed by atoms with van der Waals surface area (Å²) >= 11 is 6.04. The van der Waals surface area contributed by atoms with E-state index in [2.05, 4.69) is 45.3 Å². The summed E-state index contributed by atoms with van der Waals surface area (Å²) in [6.07, 6.45) is 9.07. The van der Waals surface area contributed by atoms with Crippen LogP contribution in [-0.4, -0.2) is 38.2 Å². The first kappa shape index (κ1) is 21.9. The maximum Gasteiger partial charge on any atom is 0.191 e. The maximum absolute atomic E-state index is 6.04. The van der Waals surface area contributed by atoms with E-state index < -0.39 is 0 Å². The molecule has 4 rings (SSSR count). The fourth-order valence-electron chi connectivity index (χ4n) is 3.56. The number of pyridine rings is 1. The highest BCUT2D eigenvalue weighted by Gasteiger charge is 2.23. The van der Waals surface area contributed by atoms with Gasteiger partial charge in [0.05, 0.1) is 23.0 Å². The number of rotatable bonds is 4. The number of nitrogens with one attached hydrogen (secondary N) is 2. The summed E-state index contributed by atoms with van der Waals surface area (Å²) in [4.78, 5) is 8.97. The van der Waals surface area contributed by atoms with E-state index in [4.69, 9.17) is 16.7 Å². The SMILES string of the molecule is CN=C(NCc1cn2cc(Cl)ccc2n1)NC1CCc2cn(C(C)C)nc2C1.I. The van der Waals surface area contributed by atoms with Gasteiger partial charge in [-0.15, -0.1) is 24.0 Å². The van der Waals surface area contributed by atoms with Crippen LogP contribution in [0.5, 0.6) is 0 Å². The number of hydrogen-bond donors (Lipinski definition) is 2. The summed E-state index contributed by atoms with van der Waals surface area (Å²) < 4.78 is 4.00. The van der Waals surface area contributed by atoms with Gasteiger partial charge in [0, 0.05) is 44.1 Å². The molecule has 1 aliphatic carbocycles. The van der Waals surface area contributed by atoms with E-state index in [1.807, 2.05) is 28.9 Å². The molecule has 1 aliphatic rings. The highest BCUT2D eigenvalue weighted by Crippen LogP contribution is 2.21. The fraction of sp³-hybridized carbons (Fsp3) is 0.450. The predicted octanol–water partition coefficient (Wildman–Crippen LogP) is 3.61. The van der Waals surface area contributed by atoms with E-state index in [1.54, 1.807) is 7.05 Å². The average Bonchev–Trinajstić information content (AvgIpc) is 3.27. The Kier molecular flexibility index (Phi) is 7.05. The number of imidazole rings is 1. The molecular weight excluding hydrogens is 501 g/mol. The topological polar surface area (TPSA) is 71.5 Å². The zero-order valence-electron chi connectivity index (χ0n) is 16.9. The largest absolute Gasteiger partial charge is 0.353 e. The molecule has 1 unspecified atom stereocenters. The van der Waals surface area contributed by atoms with Gasteiger partial charge in [-0.1, -0.05) is 11.6 Å². The highest BCUT2D eigenvalue weighted by atomic mass is 127.